The highest BCUT2D eigenvalue weighted by Crippen LogP contribution is 2.17. The largest absolute Gasteiger partial charge is 0.346 e. The molecule has 1 rings (SSSR count). The highest BCUT2D eigenvalue weighted by Gasteiger charge is 2.10. The molecule has 0 saturated carbocycles. The number of rotatable bonds is 8. The van der Waals surface area contributed by atoms with E-state index >= 15 is 0 Å². The van der Waals surface area contributed by atoms with Gasteiger partial charge < -0.3 is 10.2 Å². The zero-order valence-electron chi connectivity index (χ0n) is 10.5. The maximum absolute atomic E-state index is 4.58. The van der Waals surface area contributed by atoms with Gasteiger partial charge in [-0.3, -0.25) is 0 Å². The predicted octanol–water partition coefficient (Wildman–Crippen LogP) is 1.93. The van der Waals surface area contributed by atoms with Crippen LogP contribution in [0.25, 0.3) is 0 Å². The van der Waals surface area contributed by atoms with Crippen molar-refractivity contribution in [1.29, 1.82) is 0 Å². The molecule has 0 amide bonds. The molecular formula is C11H22N4S. The van der Waals surface area contributed by atoms with E-state index in [-0.39, 0.29) is 0 Å². The Morgan fingerprint density at radius 1 is 1.25 bits per heavy atom. The molecule has 1 heterocycles. The number of anilines is 1. The van der Waals surface area contributed by atoms with Crippen LogP contribution in [0.5, 0.6) is 0 Å². The minimum atomic E-state index is 0.989. The van der Waals surface area contributed by atoms with Crippen molar-refractivity contribution in [3.05, 3.63) is 5.82 Å². The molecule has 16 heavy (non-hydrogen) atoms. The lowest BCUT2D eigenvalue weighted by Crippen LogP contribution is -2.31. The third kappa shape index (κ3) is 4.06. The summed E-state index contributed by atoms with van der Waals surface area (Å²) in [7, 11) is 1.98. The van der Waals surface area contributed by atoms with Crippen LogP contribution in [0.15, 0.2) is 0 Å². The third-order valence-electron chi connectivity index (χ3n) is 2.33. The van der Waals surface area contributed by atoms with Gasteiger partial charge in [0.05, 0.1) is 0 Å². The number of aryl methyl sites for hydroxylation is 1. The molecule has 0 aliphatic rings. The monoisotopic (exact) mass is 242 g/mol. The summed E-state index contributed by atoms with van der Waals surface area (Å²) in [6.45, 7) is 7.40. The van der Waals surface area contributed by atoms with Crippen molar-refractivity contribution in [1.82, 2.24) is 14.7 Å². The second-order valence-electron chi connectivity index (χ2n) is 3.83. The van der Waals surface area contributed by atoms with Gasteiger partial charge in [0.25, 0.3) is 0 Å². The molecule has 92 valence electrons. The van der Waals surface area contributed by atoms with Gasteiger partial charge in [-0.15, -0.1) is 0 Å². The highest BCUT2D eigenvalue weighted by atomic mass is 32.1. The van der Waals surface area contributed by atoms with Crippen molar-refractivity contribution in [2.75, 3.05) is 31.6 Å². The zero-order valence-corrected chi connectivity index (χ0v) is 11.3. The van der Waals surface area contributed by atoms with Gasteiger partial charge >= 0.3 is 0 Å². The molecule has 0 aliphatic carbocycles. The SMILES string of the molecule is CCCc1nsc(N(CCC)CCNC)n1. The Hall–Kier alpha value is -0.680. The molecule has 0 atom stereocenters. The van der Waals surface area contributed by atoms with E-state index in [1.54, 1.807) is 0 Å². The second kappa shape index (κ2) is 7.57. The summed E-state index contributed by atoms with van der Waals surface area (Å²) in [5.41, 5.74) is 0. The van der Waals surface area contributed by atoms with E-state index < -0.39 is 0 Å². The fourth-order valence-electron chi connectivity index (χ4n) is 1.52. The summed E-state index contributed by atoms with van der Waals surface area (Å²) in [6.07, 6.45) is 3.25. The van der Waals surface area contributed by atoms with Crippen molar-refractivity contribution in [2.24, 2.45) is 0 Å². The molecule has 0 spiro atoms. The lowest BCUT2D eigenvalue weighted by Gasteiger charge is -2.20. The first-order valence-corrected chi connectivity index (χ1v) is 6.81. The average Bonchev–Trinajstić information content (AvgIpc) is 2.73. The Balaban J connectivity index is 2.59. The fraction of sp³-hybridized carbons (Fsp3) is 0.818. The smallest absolute Gasteiger partial charge is 0.205 e. The van der Waals surface area contributed by atoms with Crippen molar-refractivity contribution < 1.29 is 0 Å². The van der Waals surface area contributed by atoms with E-state index in [1.165, 1.54) is 11.5 Å². The molecule has 0 bridgehead atoms. The molecule has 0 unspecified atom stereocenters. The Morgan fingerprint density at radius 3 is 2.69 bits per heavy atom. The van der Waals surface area contributed by atoms with E-state index in [9.17, 15) is 0 Å². The summed E-state index contributed by atoms with van der Waals surface area (Å²) in [4.78, 5) is 6.89. The van der Waals surface area contributed by atoms with Crippen molar-refractivity contribution in [3.63, 3.8) is 0 Å². The minimum Gasteiger partial charge on any atom is -0.346 e. The zero-order chi connectivity index (χ0) is 11.8. The Labute approximate surface area is 102 Å². The molecule has 0 radical (unpaired) electrons. The van der Waals surface area contributed by atoms with Crippen LogP contribution in [0.2, 0.25) is 0 Å². The van der Waals surface area contributed by atoms with Gasteiger partial charge in [0.2, 0.25) is 5.13 Å². The van der Waals surface area contributed by atoms with Gasteiger partial charge in [0.1, 0.15) is 5.82 Å². The van der Waals surface area contributed by atoms with Gasteiger partial charge in [-0.25, -0.2) is 4.98 Å². The van der Waals surface area contributed by atoms with Crippen LogP contribution in [0.3, 0.4) is 0 Å². The first-order valence-electron chi connectivity index (χ1n) is 6.03. The number of aromatic nitrogens is 2. The van der Waals surface area contributed by atoms with E-state index in [0.717, 1.165) is 49.9 Å². The molecule has 0 fully saturated rings. The van der Waals surface area contributed by atoms with Crippen LogP contribution in [0.1, 0.15) is 32.5 Å². The van der Waals surface area contributed by atoms with Crippen LogP contribution in [0, 0.1) is 0 Å². The van der Waals surface area contributed by atoms with Crippen molar-refractivity contribution in [2.45, 2.75) is 33.1 Å². The van der Waals surface area contributed by atoms with E-state index in [4.69, 9.17) is 0 Å². The molecule has 0 aromatic carbocycles. The van der Waals surface area contributed by atoms with Crippen LogP contribution < -0.4 is 10.2 Å². The third-order valence-corrected chi connectivity index (χ3v) is 3.14. The van der Waals surface area contributed by atoms with E-state index in [1.807, 2.05) is 7.05 Å². The van der Waals surface area contributed by atoms with Gasteiger partial charge in [0, 0.05) is 37.6 Å². The van der Waals surface area contributed by atoms with Crippen molar-refractivity contribution >= 4 is 16.7 Å². The number of nitrogens with zero attached hydrogens (tertiary/aromatic N) is 3. The predicted molar refractivity (Wildman–Crippen MR) is 70.3 cm³/mol. The molecule has 5 heteroatoms. The Bertz CT molecular complexity index is 287. The fourth-order valence-corrected chi connectivity index (χ4v) is 2.28. The molecule has 1 aromatic rings. The van der Waals surface area contributed by atoms with Gasteiger partial charge in [-0.05, 0) is 19.9 Å². The van der Waals surface area contributed by atoms with Crippen LogP contribution in [-0.4, -0.2) is 36.0 Å². The summed E-state index contributed by atoms with van der Waals surface area (Å²) < 4.78 is 4.39. The highest BCUT2D eigenvalue weighted by molar-refractivity contribution is 7.09. The summed E-state index contributed by atoms with van der Waals surface area (Å²) in [5.74, 6) is 0.994. The van der Waals surface area contributed by atoms with E-state index in [0.29, 0.717) is 0 Å². The Morgan fingerprint density at radius 2 is 2.06 bits per heavy atom. The number of hydrogen-bond donors (Lipinski definition) is 1. The number of hydrogen-bond acceptors (Lipinski definition) is 5. The second-order valence-corrected chi connectivity index (χ2v) is 4.56. The van der Waals surface area contributed by atoms with Gasteiger partial charge in [-0.1, -0.05) is 13.8 Å². The summed E-state index contributed by atoms with van der Waals surface area (Å²) >= 11 is 1.53. The summed E-state index contributed by atoms with van der Waals surface area (Å²) in [6, 6.07) is 0. The maximum atomic E-state index is 4.58. The number of nitrogens with one attached hydrogen (secondary N) is 1. The quantitative estimate of drug-likeness (QED) is 0.756. The topological polar surface area (TPSA) is 41.1 Å². The number of likely N-dealkylation sites (N-methyl/N-ethyl adjacent to an activating group) is 1. The molecule has 1 N–H and O–H groups in total. The molecule has 0 aliphatic heterocycles. The maximum Gasteiger partial charge on any atom is 0.205 e. The lowest BCUT2D eigenvalue weighted by atomic mass is 10.3. The minimum absolute atomic E-state index is 0.989. The van der Waals surface area contributed by atoms with Crippen LogP contribution in [-0.2, 0) is 6.42 Å². The molecule has 0 saturated heterocycles. The first kappa shape index (κ1) is 13.4. The molecule has 1 aromatic heterocycles. The average molecular weight is 242 g/mol. The van der Waals surface area contributed by atoms with Crippen LogP contribution >= 0.6 is 11.5 Å². The van der Waals surface area contributed by atoms with E-state index in [2.05, 4.69) is 33.4 Å². The lowest BCUT2D eigenvalue weighted by molar-refractivity contribution is 0.706. The Kier molecular flexibility index (Phi) is 6.33. The standard InChI is InChI=1S/C11H22N4S/c1-4-6-10-13-11(16-14-10)15(8-5-2)9-7-12-3/h12H,4-9H2,1-3H3. The van der Waals surface area contributed by atoms with Crippen molar-refractivity contribution in [3.8, 4) is 0 Å². The molecule has 4 nitrogen and oxygen atoms in total. The summed E-state index contributed by atoms with van der Waals surface area (Å²) in [5, 5.41) is 4.24. The van der Waals surface area contributed by atoms with Gasteiger partial charge in [0.15, 0.2) is 0 Å². The molecular weight excluding hydrogens is 220 g/mol. The first-order chi connectivity index (χ1) is 7.81. The van der Waals surface area contributed by atoms with Gasteiger partial charge in [-0.2, -0.15) is 4.37 Å². The normalized spacial score (nSPS) is 10.7. The van der Waals surface area contributed by atoms with Crippen LogP contribution in [0.4, 0.5) is 5.13 Å².